The van der Waals surface area contributed by atoms with Crippen LogP contribution in [0.2, 0.25) is 0 Å². The summed E-state index contributed by atoms with van der Waals surface area (Å²) in [6.45, 7) is 9.10. The predicted molar refractivity (Wildman–Crippen MR) is 137 cm³/mol. The number of hydrogen-bond donors (Lipinski definition) is 1. The fraction of sp³-hybridized carbons (Fsp3) is 0.320. The van der Waals surface area contributed by atoms with Crippen molar-refractivity contribution in [3.8, 4) is 22.1 Å². The molecule has 8 nitrogen and oxygen atoms in total. The molecule has 1 aliphatic rings. The van der Waals surface area contributed by atoms with Gasteiger partial charge in [0.05, 0.1) is 21.5 Å². The van der Waals surface area contributed by atoms with Gasteiger partial charge in [-0.1, -0.05) is 30.3 Å². The van der Waals surface area contributed by atoms with Gasteiger partial charge in [-0.05, 0) is 33.4 Å². The Hall–Kier alpha value is -3.43. The van der Waals surface area contributed by atoms with Crippen LogP contribution in [0.1, 0.15) is 28.5 Å². The Morgan fingerprint density at radius 2 is 1.68 bits per heavy atom. The van der Waals surface area contributed by atoms with Gasteiger partial charge in [-0.15, -0.1) is 11.3 Å². The number of ketones is 1. The summed E-state index contributed by atoms with van der Waals surface area (Å²) >= 11 is 1.54. The van der Waals surface area contributed by atoms with Crippen LogP contribution in [0.3, 0.4) is 0 Å². The van der Waals surface area contributed by atoms with Gasteiger partial charge >= 0.3 is 0 Å². The van der Waals surface area contributed by atoms with Gasteiger partial charge in [0.25, 0.3) is 0 Å². The number of nitrogens with zero attached hydrogens (tertiary/aromatic N) is 6. The fourth-order valence-electron chi connectivity index (χ4n) is 4.43. The number of nitrogen functional groups attached to an aromatic ring is 1. The summed E-state index contributed by atoms with van der Waals surface area (Å²) in [7, 11) is 2.14. The van der Waals surface area contributed by atoms with Gasteiger partial charge in [-0.25, -0.2) is 19.9 Å². The Balaban J connectivity index is 1.71. The molecular weight excluding hydrogens is 446 g/mol. The van der Waals surface area contributed by atoms with Crippen LogP contribution in [0.25, 0.3) is 32.3 Å². The number of anilines is 2. The molecule has 0 radical (unpaired) electrons. The quantitative estimate of drug-likeness (QED) is 0.444. The van der Waals surface area contributed by atoms with Crippen molar-refractivity contribution in [2.75, 3.05) is 43.9 Å². The summed E-state index contributed by atoms with van der Waals surface area (Å²) in [6.07, 6.45) is 0. The van der Waals surface area contributed by atoms with Gasteiger partial charge in [0, 0.05) is 31.7 Å². The largest absolute Gasteiger partial charge is 0.383 e. The monoisotopic (exact) mass is 473 g/mol. The summed E-state index contributed by atoms with van der Waals surface area (Å²) in [5.41, 5.74) is 9.13. The molecule has 0 bridgehead atoms. The molecule has 1 saturated heterocycles. The minimum absolute atomic E-state index is 0.134. The van der Waals surface area contributed by atoms with Crippen molar-refractivity contribution in [3.63, 3.8) is 0 Å². The lowest BCUT2D eigenvalue weighted by atomic mass is 10.1. The van der Waals surface area contributed by atoms with Crippen molar-refractivity contribution in [1.29, 1.82) is 0 Å². The number of carbonyl (C=O) groups excluding carboxylic acids is 1. The minimum Gasteiger partial charge on any atom is -0.383 e. The van der Waals surface area contributed by atoms with Gasteiger partial charge in [0.1, 0.15) is 16.5 Å². The number of hydrogen-bond acceptors (Lipinski definition) is 9. The number of benzene rings is 1. The molecule has 0 aliphatic carbocycles. The number of thiophene rings is 1. The van der Waals surface area contributed by atoms with E-state index < -0.39 is 0 Å². The summed E-state index contributed by atoms with van der Waals surface area (Å²) in [5.74, 6) is 2.25. The van der Waals surface area contributed by atoms with E-state index in [-0.39, 0.29) is 11.6 Å². The van der Waals surface area contributed by atoms with Gasteiger partial charge in [0.15, 0.2) is 17.4 Å². The van der Waals surface area contributed by atoms with Crippen LogP contribution in [0, 0.1) is 13.8 Å². The number of likely N-dealkylation sites (N-methyl/N-ethyl adjacent to an activating group) is 1. The maximum absolute atomic E-state index is 12.0. The maximum atomic E-state index is 12.0. The first kappa shape index (κ1) is 22.4. The Kier molecular flexibility index (Phi) is 5.75. The van der Waals surface area contributed by atoms with Crippen LogP contribution in [0.5, 0.6) is 0 Å². The average Bonchev–Trinajstić information content (AvgIpc) is 3.15. The number of fused-ring (bicyclic) bond motifs is 1. The van der Waals surface area contributed by atoms with Crippen molar-refractivity contribution in [3.05, 3.63) is 47.2 Å². The zero-order chi connectivity index (χ0) is 24.0. The van der Waals surface area contributed by atoms with Crippen molar-refractivity contribution < 1.29 is 4.79 Å². The van der Waals surface area contributed by atoms with E-state index >= 15 is 0 Å². The maximum Gasteiger partial charge on any atom is 0.172 e. The first-order chi connectivity index (χ1) is 16.3. The van der Waals surface area contributed by atoms with Crippen LogP contribution in [-0.2, 0) is 0 Å². The molecule has 4 heterocycles. The van der Waals surface area contributed by atoms with Crippen LogP contribution in [0.4, 0.5) is 11.6 Å². The standard InChI is InChI=1S/C25H27N7OS/c1-14-18-24(32-12-10-31(4)11-13-32)29-22(17-8-6-5-7-9-17)30-25(18)34-20(14)23-27-15(2)19(16(3)33)21(26)28-23/h5-9H,10-13H2,1-4H3,(H2,26,27,28). The Morgan fingerprint density at radius 1 is 0.971 bits per heavy atom. The molecule has 0 unspecified atom stereocenters. The number of aryl methyl sites for hydroxylation is 2. The second kappa shape index (κ2) is 8.73. The Morgan fingerprint density at radius 3 is 2.32 bits per heavy atom. The smallest absolute Gasteiger partial charge is 0.172 e. The van der Waals surface area contributed by atoms with Crippen LogP contribution in [-0.4, -0.2) is 63.8 Å². The zero-order valence-corrected chi connectivity index (χ0v) is 20.6. The van der Waals surface area contributed by atoms with E-state index in [0.29, 0.717) is 22.9 Å². The summed E-state index contributed by atoms with van der Waals surface area (Å²) in [4.78, 5) is 37.6. The fourth-order valence-corrected chi connectivity index (χ4v) is 5.54. The number of carbonyl (C=O) groups is 1. The summed E-state index contributed by atoms with van der Waals surface area (Å²) < 4.78 is 0. The van der Waals surface area contributed by atoms with Gasteiger partial charge in [0.2, 0.25) is 0 Å². The predicted octanol–water partition coefficient (Wildman–Crippen LogP) is 3.97. The topological polar surface area (TPSA) is 101 Å². The molecule has 34 heavy (non-hydrogen) atoms. The third kappa shape index (κ3) is 3.91. The number of aromatic nitrogens is 4. The first-order valence-corrected chi connectivity index (χ1v) is 12.1. The van der Waals surface area contributed by atoms with E-state index in [9.17, 15) is 4.79 Å². The van der Waals surface area contributed by atoms with E-state index in [2.05, 4.69) is 33.7 Å². The molecule has 0 spiro atoms. The highest BCUT2D eigenvalue weighted by atomic mass is 32.1. The normalized spacial score (nSPS) is 14.6. The van der Waals surface area contributed by atoms with Crippen LogP contribution >= 0.6 is 11.3 Å². The van der Waals surface area contributed by atoms with E-state index in [1.54, 1.807) is 18.3 Å². The van der Waals surface area contributed by atoms with Gasteiger partial charge in [-0.3, -0.25) is 4.79 Å². The first-order valence-electron chi connectivity index (χ1n) is 11.3. The van der Waals surface area contributed by atoms with E-state index in [4.69, 9.17) is 15.7 Å². The molecule has 1 aromatic carbocycles. The van der Waals surface area contributed by atoms with Crippen molar-refractivity contribution in [2.45, 2.75) is 20.8 Å². The third-order valence-corrected chi connectivity index (χ3v) is 7.46. The lowest BCUT2D eigenvalue weighted by Gasteiger charge is -2.33. The van der Waals surface area contributed by atoms with Crippen LogP contribution in [0.15, 0.2) is 30.3 Å². The molecule has 1 fully saturated rings. The number of Topliss-reactive ketones (excluding diaryl/α,β-unsaturated/α-hetero) is 1. The van der Waals surface area contributed by atoms with Gasteiger partial charge in [-0.2, -0.15) is 0 Å². The lowest BCUT2D eigenvalue weighted by Crippen LogP contribution is -2.45. The summed E-state index contributed by atoms with van der Waals surface area (Å²) in [5, 5.41) is 1.03. The molecule has 9 heteroatoms. The molecule has 2 N–H and O–H groups in total. The zero-order valence-electron chi connectivity index (χ0n) is 19.8. The van der Waals surface area contributed by atoms with Crippen LogP contribution < -0.4 is 10.6 Å². The molecule has 3 aromatic heterocycles. The molecule has 0 amide bonds. The Bertz CT molecular complexity index is 1370. The highest BCUT2D eigenvalue weighted by molar-refractivity contribution is 7.22. The lowest BCUT2D eigenvalue weighted by molar-refractivity contribution is 0.101. The number of nitrogens with two attached hydrogens (primary N) is 1. The highest BCUT2D eigenvalue weighted by Crippen LogP contribution is 2.41. The molecule has 4 aromatic rings. The molecule has 0 saturated carbocycles. The molecular formula is C25H27N7OS. The van der Waals surface area contributed by atoms with E-state index in [1.165, 1.54) is 6.92 Å². The second-order valence-corrected chi connectivity index (χ2v) is 9.71. The molecule has 1 aliphatic heterocycles. The summed E-state index contributed by atoms with van der Waals surface area (Å²) in [6, 6.07) is 10.1. The van der Waals surface area contributed by atoms with E-state index in [1.807, 2.05) is 30.3 Å². The molecule has 5 rings (SSSR count). The van der Waals surface area contributed by atoms with Crippen molar-refractivity contribution in [1.82, 2.24) is 24.8 Å². The number of piperazine rings is 1. The van der Waals surface area contributed by atoms with Crippen molar-refractivity contribution >= 4 is 39.0 Å². The van der Waals surface area contributed by atoms with Crippen molar-refractivity contribution in [2.24, 2.45) is 0 Å². The minimum atomic E-state index is -0.134. The molecule has 0 atom stereocenters. The average molecular weight is 474 g/mol. The Labute approximate surface area is 202 Å². The van der Waals surface area contributed by atoms with E-state index in [0.717, 1.165) is 58.2 Å². The number of rotatable bonds is 4. The highest BCUT2D eigenvalue weighted by Gasteiger charge is 2.25. The SMILES string of the molecule is CC(=O)c1c(C)nc(-c2sc3nc(-c4ccccc4)nc(N4CCN(C)CC4)c3c2C)nc1N. The van der Waals surface area contributed by atoms with Gasteiger partial charge < -0.3 is 15.5 Å². The molecule has 174 valence electrons. The third-order valence-electron chi connectivity index (χ3n) is 6.28. The second-order valence-electron chi connectivity index (χ2n) is 8.71.